The predicted molar refractivity (Wildman–Crippen MR) is 38.1 cm³/mol. The van der Waals surface area contributed by atoms with E-state index >= 15 is 0 Å². The van der Waals surface area contributed by atoms with Gasteiger partial charge in [-0.1, -0.05) is 0 Å². The summed E-state index contributed by atoms with van der Waals surface area (Å²) in [5.74, 6) is 0. The first-order valence-corrected chi connectivity index (χ1v) is 3.08. The molecule has 0 atom stereocenters. The van der Waals surface area contributed by atoms with Gasteiger partial charge in [0.15, 0.2) is 0 Å². The molecule has 1 aromatic heterocycles. The van der Waals surface area contributed by atoms with Crippen molar-refractivity contribution in [1.29, 1.82) is 0 Å². The summed E-state index contributed by atoms with van der Waals surface area (Å²) in [7, 11) is 3.85. The minimum atomic E-state index is 0.977. The minimum Gasteiger partial charge on any atom is -0.373 e. The van der Waals surface area contributed by atoms with Gasteiger partial charge in [0.2, 0.25) is 12.4 Å². The number of rotatable bonds is 1. The third-order valence-corrected chi connectivity index (χ3v) is 1.29. The van der Waals surface area contributed by atoms with Crippen molar-refractivity contribution in [2.24, 2.45) is 0 Å². The van der Waals surface area contributed by atoms with Crippen LogP contribution in [0.4, 0.5) is 5.69 Å². The van der Waals surface area contributed by atoms with Crippen molar-refractivity contribution in [1.82, 2.24) is 0 Å². The number of nitrogens with zero attached hydrogens (tertiary/aromatic N) is 2. The lowest BCUT2D eigenvalue weighted by atomic mass is 10.4. The first kappa shape index (κ1) is 6.86. The maximum absolute atomic E-state index is 8.95. The van der Waals surface area contributed by atoms with Gasteiger partial charge < -0.3 is 4.90 Å². The van der Waals surface area contributed by atoms with Crippen molar-refractivity contribution >= 4 is 5.69 Å². The van der Waals surface area contributed by atoms with Gasteiger partial charge in [-0.15, -0.1) is 0 Å². The standard InChI is InChI=1S/C7H11N2O/c1-8(2)7-4-3-5-9(10)6-7/h3-6,10H,1-2H3/q+1. The van der Waals surface area contributed by atoms with Crippen molar-refractivity contribution in [3.05, 3.63) is 24.5 Å². The van der Waals surface area contributed by atoms with Gasteiger partial charge in [-0.3, -0.25) is 5.21 Å². The summed E-state index contributed by atoms with van der Waals surface area (Å²) in [5.41, 5.74) is 0.977. The molecule has 1 N–H and O–H groups in total. The fraction of sp³-hybridized carbons (Fsp3) is 0.286. The van der Waals surface area contributed by atoms with E-state index in [2.05, 4.69) is 0 Å². The Kier molecular flexibility index (Phi) is 1.76. The Balaban J connectivity index is 2.96. The SMILES string of the molecule is CN(C)c1ccc[n+](O)c1. The Labute approximate surface area is 60.1 Å². The maximum atomic E-state index is 8.95. The van der Waals surface area contributed by atoms with Crippen molar-refractivity contribution < 1.29 is 9.94 Å². The number of hydrogen-bond acceptors (Lipinski definition) is 2. The Morgan fingerprint density at radius 2 is 2.20 bits per heavy atom. The zero-order valence-corrected chi connectivity index (χ0v) is 6.15. The number of anilines is 1. The van der Waals surface area contributed by atoms with Crippen LogP contribution < -0.4 is 9.63 Å². The van der Waals surface area contributed by atoms with Crippen LogP contribution in [0.1, 0.15) is 0 Å². The normalized spacial score (nSPS) is 9.40. The highest BCUT2D eigenvalue weighted by molar-refractivity contribution is 5.39. The fourth-order valence-corrected chi connectivity index (χ4v) is 0.716. The zero-order valence-electron chi connectivity index (χ0n) is 6.15. The average Bonchev–Trinajstić information content (AvgIpc) is 1.88. The van der Waals surface area contributed by atoms with E-state index in [-0.39, 0.29) is 0 Å². The van der Waals surface area contributed by atoms with Crippen LogP contribution in [-0.2, 0) is 0 Å². The predicted octanol–water partition coefficient (Wildman–Crippen LogP) is 0.277. The molecule has 10 heavy (non-hydrogen) atoms. The third kappa shape index (κ3) is 1.37. The van der Waals surface area contributed by atoms with E-state index < -0.39 is 0 Å². The van der Waals surface area contributed by atoms with E-state index in [1.165, 1.54) is 0 Å². The smallest absolute Gasteiger partial charge is 0.245 e. The molecule has 0 saturated heterocycles. The van der Waals surface area contributed by atoms with Gasteiger partial charge in [-0.2, -0.15) is 0 Å². The molecule has 54 valence electrons. The minimum absolute atomic E-state index is 0.977. The highest BCUT2D eigenvalue weighted by Crippen LogP contribution is 2.03. The summed E-state index contributed by atoms with van der Waals surface area (Å²) in [4.78, 5) is 1.92. The molecule has 0 unspecified atom stereocenters. The van der Waals surface area contributed by atoms with E-state index in [9.17, 15) is 0 Å². The molecule has 0 saturated carbocycles. The van der Waals surface area contributed by atoms with Gasteiger partial charge in [0.25, 0.3) is 0 Å². The van der Waals surface area contributed by atoms with Crippen LogP contribution in [0.25, 0.3) is 0 Å². The zero-order chi connectivity index (χ0) is 7.56. The third-order valence-electron chi connectivity index (χ3n) is 1.29. The average molecular weight is 139 g/mol. The summed E-state index contributed by atoms with van der Waals surface area (Å²) >= 11 is 0. The Hall–Kier alpha value is -1.25. The second-order valence-corrected chi connectivity index (χ2v) is 2.34. The van der Waals surface area contributed by atoms with Gasteiger partial charge in [0.05, 0.1) is 0 Å². The topological polar surface area (TPSA) is 27.4 Å². The molecule has 0 amide bonds. The van der Waals surface area contributed by atoms with Crippen molar-refractivity contribution in [3.8, 4) is 0 Å². The Morgan fingerprint density at radius 3 is 2.60 bits per heavy atom. The van der Waals surface area contributed by atoms with Crippen LogP contribution in [0.15, 0.2) is 24.5 Å². The molecule has 0 fully saturated rings. The molecule has 3 heteroatoms. The van der Waals surface area contributed by atoms with Crippen LogP contribution in [-0.4, -0.2) is 19.3 Å². The molecule has 0 aliphatic carbocycles. The fourth-order valence-electron chi connectivity index (χ4n) is 0.716. The molecule has 1 heterocycles. The van der Waals surface area contributed by atoms with Gasteiger partial charge in [-0.05, 0) is 6.07 Å². The van der Waals surface area contributed by atoms with Crippen molar-refractivity contribution in [3.63, 3.8) is 0 Å². The van der Waals surface area contributed by atoms with Crippen LogP contribution in [0, 0.1) is 0 Å². The van der Waals surface area contributed by atoms with E-state index in [4.69, 9.17) is 5.21 Å². The van der Waals surface area contributed by atoms with Gasteiger partial charge in [0.1, 0.15) is 5.69 Å². The Bertz CT molecular complexity index is 223. The van der Waals surface area contributed by atoms with Gasteiger partial charge >= 0.3 is 0 Å². The molecule has 0 radical (unpaired) electrons. The second kappa shape index (κ2) is 2.56. The maximum Gasteiger partial charge on any atom is 0.245 e. The summed E-state index contributed by atoms with van der Waals surface area (Å²) < 4.78 is 1.04. The lowest BCUT2D eigenvalue weighted by Gasteiger charge is -2.07. The molecule has 0 aliphatic rings. The van der Waals surface area contributed by atoms with Crippen LogP contribution in [0.2, 0.25) is 0 Å². The monoisotopic (exact) mass is 139 g/mol. The summed E-state index contributed by atoms with van der Waals surface area (Å²) in [6, 6.07) is 3.71. The van der Waals surface area contributed by atoms with Crippen LogP contribution in [0.5, 0.6) is 0 Å². The highest BCUT2D eigenvalue weighted by atomic mass is 16.5. The van der Waals surface area contributed by atoms with Gasteiger partial charge in [0, 0.05) is 24.9 Å². The van der Waals surface area contributed by atoms with E-state index in [1.807, 2.05) is 25.1 Å². The molecule has 0 aromatic carbocycles. The van der Waals surface area contributed by atoms with E-state index in [0.717, 1.165) is 10.4 Å². The molecule has 3 nitrogen and oxygen atoms in total. The second-order valence-electron chi connectivity index (χ2n) is 2.34. The molecule has 0 spiro atoms. The number of aromatic nitrogens is 1. The summed E-state index contributed by atoms with van der Waals surface area (Å²) in [6.07, 6.45) is 3.22. The van der Waals surface area contributed by atoms with Crippen LogP contribution >= 0.6 is 0 Å². The molecule has 1 rings (SSSR count). The summed E-state index contributed by atoms with van der Waals surface area (Å²) in [6.45, 7) is 0. The molecule has 0 bridgehead atoms. The van der Waals surface area contributed by atoms with E-state index in [0.29, 0.717) is 0 Å². The first-order valence-electron chi connectivity index (χ1n) is 3.08. The highest BCUT2D eigenvalue weighted by Gasteiger charge is 1.99. The van der Waals surface area contributed by atoms with E-state index in [1.54, 1.807) is 18.5 Å². The van der Waals surface area contributed by atoms with Crippen molar-refractivity contribution in [2.75, 3.05) is 19.0 Å². The molecule has 1 aromatic rings. The molecule has 0 aliphatic heterocycles. The lowest BCUT2D eigenvalue weighted by molar-refractivity contribution is -0.904. The number of hydrogen-bond donors (Lipinski definition) is 1. The molecular formula is C7H11N2O+. The van der Waals surface area contributed by atoms with Gasteiger partial charge in [-0.25, -0.2) is 0 Å². The summed E-state index contributed by atoms with van der Waals surface area (Å²) in [5, 5.41) is 8.95. The molecular weight excluding hydrogens is 128 g/mol. The van der Waals surface area contributed by atoms with Crippen LogP contribution in [0.3, 0.4) is 0 Å². The largest absolute Gasteiger partial charge is 0.373 e. The number of pyridine rings is 1. The Morgan fingerprint density at radius 1 is 1.50 bits per heavy atom. The lowest BCUT2D eigenvalue weighted by Crippen LogP contribution is -2.29. The quantitative estimate of drug-likeness (QED) is 0.447. The first-order chi connectivity index (χ1) is 4.70. The van der Waals surface area contributed by atoms with Crippen molar-refractivity contribution in [2.45, 2.75) is 0 Å².